The van der Waals surface area contributed by atoms with E-state index in [9.17, 15) is 9.90 Å². The maximum atomic E-state index is 12.2. The van der Waals surface area contributed by atoms with E-state index in [0.717, 1.165) is 44.7 Å². The largest absolute Gasteiger partial charge is 0.396 e. The highest BCUT2D eigenvalue weighted by atomic mass is 16.3. The van der Waals surface area contributed by atoms with Crippen molar-refractivity contribution < 1.29 is 9.90 Å². The molecule has 0 radical (unpaired) electrons. The van der Waals surface area contributed by atoms with Gasteiger partial charge in [-0.1, -0.05) is 0 Å². The lowest BCUT2D eigenvalue weighted by molar-refractivity contribution is -0.117. The third kappa shape index (κ3) is 4.71. The molecule has 1 aromatic rings. The molecule has 0 aliphatic carbocycles. The van der Waals surface area contributed by atoms with Gasteiger partial charge in [-0.05, 0) is 68.8 Å². The van der Waals surface area contributed by atoms with Crippen LogP contribution >= 0.6 is 0 Å². The summed E-state index contributed by atoms with van der Waals surface area (Å²) in [6, 6.07) is 8.19. The number of piperidine rings is 2. The van der Waals surface area contributed by atoms with Gasteiger partial charge in [0.2, 0.25) is 5.91 Å². The predicted octanol–water partition coefficient (Wildman–Crippen LogP) is 2.32. The molecule has 0 bridgehead atoms. The Labute approximate surface area is 144 Å². The number of aliphatic hydroxyl groups excluding tert-OH is 1. The predicted molar refractivity (Wildman–Crippen MR) is 97.4 cm³/mol. The smallest absolute Gasteiger partial charge is 0.238 e. The van der Waals surface area contributed by atoms with E-state index in [4.69, 9.17) is 0 Å². The molecular weight excluding hydrogens is 302 g/mol. The summed E-state index contributed by atoms with van der Waals surface area (Å²) < 4.78 is 0. The highest BCUT2D eigenvalue weighted by molar-refractivity contribution is 5.92. The third-order valence-electron chi connectivity index (χ3n) is 5.10. The van der Waals surface area contributed by atoms with Crippen LogP contribution in [0, 0.1) is 5.92 Å². The molecule has 5 nitrogen and oxygen atoms in total. The topological polar surface area (TPSA) is 55.8 Å². The normalized spacial score (nSPS) is 22.4. The quantitative estimate of drug-likeness (QED) is 0.869. The first-order chi connectivity index (χ1) is 11.7. The van der Waals surface area contributed by atoms with Crippen molar-refractivity contribution in [3.8, 4) is 0 Å². The van der Waals surface area contributed by atoms with Gasteiger partial charge in [-0.2, -0.15) is 0 Å². The first-order valence-corrected chi connectivity index (χ1v) is 9.22. The summed E-state index contributed by atoms with van der Waals surface area (Å²) in [4.78, 5) is 16.8. The number of hydrogen-bond donors (Lipinski definition) is 2. The van der Waals surface area contributed by atoms with Gasteiger partial charge in [0.25, 0.3) is 0 Å². The second kappa shape index (κ2) is 8.49. The number of benzene rings is 1. The van der Waals surface area contributed by atoms with E-state index in [2.05, 4.69) is 27.2 Å². The number of carbonyl (C=O) groups is 1. The van der Waals surface area contributed by atoms with Gasteiger partial charge >= 0.3 is 0 Å². The highest BCUT2D eigenvalue weighted by Gasteiger charge is 2.21. The van der Waals surface area contributed by atoms with Gasteiger partial charge in [-0.3, -0.25) is 9.69 Å². The fraction of sp³-hybridized carbons (Fsp3) is 0.632. The molecule has 24 heavy (non-hydrogen) atoms. The van der Waals surface area contributed by atoms with Crippen LogP contribution in [0.2, 0.25) is 0 Å². The van der Waals surface area contributed by atoms with E-state index in [-0.39, 0.29) is 12.5 Å². The number of hydrogen-bond acceptors (Lipinski definition) is 4. The summed E-state index contributed by atoms with van der Waals surface area (Å²) in [5.41, 5.74) is 2.10. The van der Waals surface area contributed by atoms with Crippen molar-refractivity contribution in [1.29, 1.82) is 0 Å². The number of likely N-dealkylation sites (tertiary alicyclic amines) is 1. The number of nitrogens with zero attached hydrogens (tertiary/aromatic N) is 2. The second-order valence-corrected chi connectivity index (χ2v) is 7.07. The van der Waals surface area contributed by atoms with Crippen LogP contribution < -0.4 is 10.2 Å². The molecule has 1 unspecified atom stereocenters. The number of aliphatic hydroxyl groups is 1. The molecule has 0 saturated carbocycles. The van der Waals surface area contributed by atoms with Crippen LogP contribution in [0.5, 0.6) is 0 Å². The zero-order chi connectivity index (χ0) is 16.8. The van der Waals surface area contributed by atoms with E-state index >= 15 is 0 Å². The fourth-order valence-corrected chi connectivity index (χ4v) is 3.76. The average Bonchev–Trinajstić information content (AvgIpc) is 2.63. The van der Waals surface area contributed by atoms with Gasteiger partial charge in [0.15, 0.2) is 0 Å². The van der Waals surface area contributed by atoms with Crippen LogP contribution in [0.25, 0.3) is 0 Å². The van der Waals surface area contributed by atoms with Crippen molar-refractivity contribution in [2.75, 3.05) is 49.5 Å². The maximum absolute atomic E-state index is 12.2. The molecule has 2 aliphatic rings. The molecule has 1 amide bonds. The number of carbonyl (C=O) groups excluding carboxylic acids is 1. The summed E-state index contributed by atoms with van der Waals surface area (Å²) in [6.07, 6.45) is 5.99. The lowest BCUT2D eigenvalue weighted by atomic mass is 9.99. The third-order valence-corrected chi connectivity index (χ3v) is 5.10. The van der Waals surface area contributed by atoms with Crippen LogP contribution in [0.3, 0.4) is 0 Å². The molecule has 132 valence electrons. The molecule has 2 N–H and O–H groups in total. The van der Waals surface area contributed by atoms with Crippen LogP contribution in [0.15, 0.2) is 24.3 Å². The number of nitrogens with one attached hydrogen (secondary N) is 1. The van der Waals surface area contributed by atoms with Gasteiger partial charge in [0.05, 0.1) is 6.54 Å². The lowest BCUT2D eigenvalue weighted by Crippen LogP contribution is -2.41. The minimum absolute atomic E-state index is 0.0271. The van der Waals surface area contributed by atoms with Gasteiger partial charge in [-0.15, -0.1) is 0 Å². The molecule has 5 heteroatoms. The number of amides is 1. The molecule has 2 aliphatic heterocycles. The maximum Gasteiger partial charge on any atom is 0.238 e. The van der Waals surface area contributed by atoms with Gasteiger partial charge in [-0.25, -0.2) is 0 Å². The standard InChI is InChI=1S/C19H29N3O2/c23-15-16-5-4-10-21(13-16)14-19(24)20-17-6-8-18(9-7-17)22-11-2-1-3-12-22/h6-9,16,23H,1-5,10-15H2,(H,20,24). The van der Waals surface area contributed by atoms with Crippen molar-refractivity contribution in [3.05, 3.63) is 24.3 Å². The van der Waals surface area contributed by atoms with Crippen LogP contribution in [0.4, 0.5) is 11.4 Å². The van der Waals surface area contributed by atoms with Crippen molar-refractivity contribution >= 4 is 17.3 Å². The van der Waals surface area contributed by atoms with Crippen molar-refractivity contribution in [1.82, 2.24) is 4.90 Å². The molecule has 3 rings (SSSR count). The monoisotopic (exact) mass is 331 g/mol. The molecule has 0 spiro atoms. The molecule has 2 fully saturated rings. The highest BCUT2D eigenvalue weighted by Crippen LogP contribution is 2.22. The summed E-state index contributed by atoms with van der Waals surface area (Å²) in [5, 5.41) is 12.3. The summed E-state index contributed by atoms with van der Waals surface area (Å²) in [5.74, 6) is 0.342. The zero-order valence-corrected chi connectivity index (χ0v) is 14.4. The van der Waals surface area contributed by atoms with Crippen LogP contribution in [-0.2, 0) is 4.79 Å². The Kier molecular flexibility index (Phi) is 6.10. The summed E-state index contributed by atoms with van der Waals surface area (Å²) >= 11 is 0. The molecule has 1 atom stereocenters. The lowest BCUT2D eigenvalue weighted by Gasteiger charge is -2.31. The van der Waals surface area contributed by atoms with Gasteiger partial charge in [0.1, 0.15) is 0 Å². The van der Waals surface area contributed by atoms with E-state index in [1.165, 1.54) is 24.9 Å². The van der Waals surface area contributed by atoms with Gasteiger partial charge in [0, 0.05) is 37.6 Å². The minimum Gasteiger partial charge on any atom is -0.396 e. The Balaban J connectivity index is 1.49. The van der Waals surface area contributed by atoms with E-state index in [0.29, 0.717) is 12.5 Å². The zero-order valence-electron chi connectivity index (χ0n) is 14.4. The van der Waals surface area contributed by atoms with Crippen molar-refractivity contribution in [2.45, 2.75) is 32.1 Å². The Hall–Kier alpha value is -1.59. The van der Waals surface area contributed by atoms with Crippen molar-refractivity contribution in [3.63, 3.8) is 0 Å². The molecule has 1 aromatic carbocycles. The summed E-state index contributed by atoms with van der Waals surface area (Å²) in [6.45, 7) is 4.65. The molecule has 2 heterocycles. The number of rotatable bonds is 5. The molecule has 0 aromatic heterocycles. The first-order valence-electron chi connectivity index (χ1n) is 9.22. The average molecular weight is 331 g/mol. The Morgan fingerprint density at radius 3 is 2.54 bits per heavy atom. The second-order valence-electron chi connectivity index (χ2n) is 7.07. The van der Waals surface area contributed by atoms with E-state index in [1.54, 1.807) is 0 Å². The number of anilines is 2. The molecule has 2 saturated heterocycles. The Morgan fingerprint density at radius 1 is 1.08 bits per heavy atom. The SMILES string of the molecule is O=C(CN1CCCC(CO)C1)Nc1ccc(N2CCCCC2)cc1. The van der Waals surface area contributed by atoms with Crippen LogP contribution in [-0.4, -0.2) is 55.2 Å². The fourth-order valence-electron chi connectivity index (χ4n) is 3.76. The first kappa shape index (κ1) is 17.2. The van der Waals surface area contributed by atoms with Gasteiger partial charge < -0.3 is 15.3 Å². The summed E-state index contributed by atoms with van der Waals surface area (Å²) in [7, 11) is 0. The minimum atomic E-state index is 0.0271. The van der Waals surface area contributed by atoms with E-state index in [1.807, 2.05) is 12.1 Å². The van der Waals surface area contributed by atoms with E-state index < -0.39 is 0 Å². The van der Waals surface area contributed by atoms with Crippen LogP contribution in [0.1, 0.15) is 32.1 Å². The van der Waals surface area contributed by atoms with Crippen molar-refractivity contribution in [2.24, 2.45) is 5.92 Å². The Morgan fingerprint density at radius 2 is 1.83 bits per heavy atom. The molecular formula is C19H29N3O2. The Bertz CT molecular complexity index is 526.